The molecule has 12 nitrogen and oxygen atoms in total. The number of likely N-dealkylation sites (tertiary alicyclic amines) is 1. The number of Topliss-reactive ketones (excluding diaryl/α,β-unsaturated/α-hetero) is 1. The van der Waals surface area contributed by atoms with Crippen molar-refractivity contribution in [3.63, 3.8) is 0 Å². The zero-order valence-corrected chi connectivity index (χ0v) is 27.3. The molecule has 13 heteroatoms. The summed E-state index contributed by atoms with van der Waals surface area (Å²) < 4.78 is 5.66. The third-order valence-electron chi connectivity index (χ3n) is 7.83. The Morgan fingerprint density at radius 1 is 0.930 bits per heavy atom. The van der Waals surface area contributed by atoms with Gasteiger partial charge in [0.25, 0.3) is 11.7 Å². The second kappa shape index (κ2) is 13.9. The number of primary amides is 1. The number of ketones is 1. The molecule has 0 radical (unpaired) electrons. The fourth-order valence-corrected chi connectivity index (χ4v) is 6.31. The van der Waals surface area contributed by atoms with Gasteiger partial charge in [-0.2, -0.15) is 0 Å². The number of urea groups is 1. The molecule has 3 aliphatic rings. The second-order valence-electron chi connectivity index (χ2n) is 14.4. The van der Waals surface area contributed by atoms with Crippen molar-refractivity contribution in [2.24, 2.45) is 22.5 Å². The minimum absolute atomic E-state index is 0.166. The van der Waals surface area contributed by atoms with E-state index in [0.29, 0.717) is 25.2 Å². The summed E-state index contributed by atoms with van der Waals surface area (Å²) in [5.41, 5.74) is 4.17. The quantitative estimate of drug-likeness (QED) is 0.137. The van der Waals surface area contributed by atoms with Gasteiger partial charge in [-0.15, -0.1) is 11.8 Å². The Balaban J connectivity index is 1.71. The highest BCUT2D eigenvalue weighted by Crippen LogP contribution is 2.37. The number of hydrogen-bond donors (Lipinski definition) is 4. The lowest BCUT2D eigenvalue weighted by Gasteiger charge is -2.36. The number of ether oxygens (including phenoxy) is 1. The normalized spacial score (nSPS) is 21.7. The number of esters is 1. The molecule has 4 unspecified atom stereocenters. The molecule has 0 aromatic heterocycles. The van der Waals surface area contributed by atoms with Gasteiger partial charge < -0.3 is 31.3 Å². The van der Waals surface area contributed by atoms with Gasteiger partial charge in [-0.3, -0.25) is 19.2 Å². The van der Waals surface area contributed by atoms with E-state index in [2.05, 4.69) is 16.0 Å². The molecule has 1 heterocycles. The molecule has 242 valence electrons. The third kappa shape index (κ3) is 10.4. The molecule has 0 bridgehead atoms. The maximum absolute atomic E-state index is 13.9. The van der Waals surface area contributed by atoms with Crippen LogP contribution in [-0.4, -0.2) is 81.8 Å². The zero-order chi connectivity index (χ0) is 32.3. The Morgan fingerprint density at radius 2 is 1.56 bits per heavy atom. The maximum Gasteiger partial charge on any atom is 0.328 e. The highest BCUT2D eigenvalue weighted by molar-refractivity contribution is 8.01. The van der Waals surface area contributed by atoms with Crippen LogP contribution in [0.25, 0.3) is 0 Å². The molecule has 3 rings (SSSR count). The zero-order valence-electron chi connectivity index (χ0n) is 26.5. The molecule has 0 aromatic rings. The molecular weight excluding hydrogens is 574 g/mol. The molecule has 2 saturated carbocycles. The van der Waals surface area contributed by atoms with Crippen molar-refractivity contribution in [1.29, 1.82) is 0 Å². The number of carbonyl (C=O) groups is 6. The number of nitrogens with two attached hydrogens (primary N) is 1. The summed E-state index contributed by atoms with van der Waals surface area (Å²) in [5, 5.41) is 7.18. The van der Waals surface area contributed by atoms with Crippen molar-refractivity contribution in [3.8, 4) is 0 Å². The van der Waals surface area contributed by atoms with Gasteiger partial charge in [0, 0.05) is 11.8 Å². The van der Waals surface area contributed by atoms with E-state index in [1.807, 2.05) is 27.7 Å². The van der Waals surface area contributed by atoms with Gasteiger partial charge in [-0.25, -0.2) is 9.59 Å². The van der Waals surface area contributed by atoms with Crippen molar-refractivity contribution in [3.05, 3.63) is 0 Å². The van der Waals surface area contributed by atoms with Crippen LogP contribution in [0.1, 0.15) is 93.4 Å². The summed E-state index contributed by atoms with van der Waals surface area (Å²) in [5.74, 6) is -3.18. The van der Waals surface area contributed by atoms with E-state index < -0.39 is 64.4 Å². The Kier molecular flexibility index (Phi) is 11.2. The van der Waals surface area contributed by atoms with E-state index in [9.17, 15) is 28.8 Å². The predicted molar refractivity (Wildman–Crippen MR) is 163 cm³/mol. The average Bonchev–Trinajstić information content (AvgIpc) is 3.82. The molecule has 0 spiro atoms. The van der Waals surface area contributed by atoms with Gasteiger partial charge in [0.05, 0.1) is 0 Å². The molecular formula is C30H49N5O7S. The number of rotatable bonds is 13. The molecule has 1 aliphatic heterocycles. The van der Waals surface area contributed by atoms with E-state index in [-0.39, 0.29) is 23.3 Å². The number of nitrogens with zero attached hydrogens (tertiary/aromatic N) is 1. The van der Waals surface area contributed by atoms with Crippen LogP contribution in [-0.2, 0) is 28.7 Å². The van der Waals surface area contributed by atoms with Crippen LogP contribution in [0.3, 0.4) is 0 Å². The molecule has 5 amide bonds. The van der Waals surface area contributed by atoms with E-state index in [4.69, 9.17) is 10.5 Å². The number of carbonyl (C=O) groups excluding carboxylic acids is 6. The molecule has 0 aromatic carbocycles. The first-order chi connectivity index (χ1) is 19.9. The maximum atomic E-state index is 13.9. The van der Waals surface area contributed by atoms with E-state index in [1.165, 1.54) is 16.7 Å². The van der Waals surface area contributed by atoms with Crippen LogP contribution in [0.5, 0.6) is 0 Å². The van der Waals surface area contributed by atoms with E-state index in [1.54, 1.807) is 20.8 Å². The van der Waals surface area contributed by atoms with Crippen LogP contribution in [0.4, 0.5) is 4.79 Å². The van der Waals surface area contributed by atoms with Gasteiger partial charge in [-0.05, 0) is 68.6 Å². The first kappa shape index (κ1) is 34.7. The first-order valence-corrected chi connectivity index (χ1v) is 16.2. The van der Waals surface area contributed by atoms with Crippen LogP contribution in [0.15, 0.2) is 0 Å². The standard InChI is InChI=1S/C30H49N5O7S/c1-16(17-10-11-17)42-27(40)19(15-29(2,3)4)32-28(41)33-22(30(5,6)7)26(39)35-14-8-9-20(35)24(38)34-25(21(36)23(31)37)43-18-12-13-18/h16-20,22,25H,8-15H2,1-7H3,(H2,31,37)(H,34,38)(H2,32,33,41)/t16?,19-,20?,22?,25?/m0/s1. The van der Waals surface area contributed by atoms with Crippen molar-refractivity contribution in [2.45, 2.75) is 128 Å². The summed E-state index contributed by atoms with van der Waals surface area (Å²) >= 11 is 1.19. The lowest BCUT2D eigenvalue weighted by molar-refractivity contribution is -0.152. The largest absolute Gasteiger partial charge is 0.461 e. The molecule has 1 saturated heterocycles. The first-order valence-electron chi connectivity index (χ1n) is 15.2. The summed E-state index contributed by atoms with van der Waals surface area (Å²) in [4.78, 5) is 78.9. The van der Waals surface area contributed by atoms with Crippen LogP contribution < -0.4 is 21.7 Å². The lowest BCUT2D eigenvalue weighted by atomic mass is 9.85. The smallest absolute Gasteiger partial charge is 0.328 e. The SMILES string of the molecule is CC(OC(=O)[C@H](CC(C)(C)C)NC(=O)NC(C(=O)N1CCCC1C(=O)NC(SC1CC1)C(=O)C(N)=O)C(C)(C)C)C1CC1. The van der Waals surface area contributed by atoms with Gasteiger partial charge >= 0.3 is 12.0 Å². The predicted octanol–water partition coefficient (Wildman–Crippen LogP) is 2.23. The molecule has 3 fully saturated rings. The van der Waals surface area contributed by atoms with Crippen LogP contribution in [0.2, 0.25) is 0 Å². The Bertz CT molecular complexity index is 1090. The van der Waals surface area contributed by atoms with E-state index in [0.717, 1.165) is 25.7 Å². The van der Waals surface area contributed by atoms with E-state index >= 15 is 0 Å². The highest BCUT2D eigenvalue weighted by Gasteiger charge is 2.44. The second-order valence-corrected chi connectivity index (χ2v) is 15.8. The molecule has 5 N–H and O–H groups in total. The highest BCUT2D eigenvalue weighted by atomic mass is 32.2. The van der Waals surface area contributed by atoms with Crippen molar-refractivity contribution in [1.82, 2.24) is 20.9 Å². The van der Waals surface area contributed by atoms with Crippen molar-refractivity contribution in [2.75, 3.05) is 6.54 Å². The van der Waals surface area contributed by atoms with Gasteiger partial charge in [-0.1, -0.05) is 41.5 Å². The van der Waals surface area contributed by atoms with Crippen LogP contribution in [0, 0.1) is 16.7 Å². The Hall–Kier alpha value is -2.83. The number of nitrogens with one attached hydrogen (secondary N) is 3. The number of amides is 5. The summed E-state index contributed by atoms with van der Waals surface area (Å²) in [7, 11) is 0. The fourth-order valence-electron chi connectivity index (χ4n) is 5.09. The summed E-state index contributed by atoms with van der Waals surface area (Å²) in [6.07, 6.45) is 4.81. The third-order valence-corrected chi connectivity index (χ3v) is 9.29. The topological polar surface area (TPSA) is 177 Å². The van der Waals surface area contributed by atoms with Gasteiger partial charge in [0.15, 0.2) is 0 Å². The Morgan fingerprint density at radius 3 is 2.07 bits per heavy atom. The van der Waals surface area contributed by atoms with Gasteiger partial charge in [0.2, 0.25) is 11.8 Å². The van der Waals surface area contributed by atoms with Crippen molar-refractivity contribution < 1.29 is 33.5 Å². The molecule has 2 aliphatic carbocycles. The van der Waals surface area contributed by atoms with Gasteiger partial charge in [0.1, 0.15) is 29.6 Å². The summed E-state index contributed by atoms with van der Waals surface area (Å²) in [6, 6.07) is -3.50. The van der Waals surface area contributed by atoms with Crippen LogP contribution >= 0.6 is 11.8 Å². The molecule has 5 atom stereocenters. The summed E-state index contributed by atoms with van der Waals surface area (Å²) in [6.45, 7) is 13.4. The average molecular weight is 624 g/mol. The monoisotopic (exact) mass is 623 g/mol. The molecule has 43 heavy (non-hydrogen) atoms. The Labute approximate surface area is 258 Å². The number of thioether (sulfide) groups is 1. The van der Waals surface area contributed by atoms with Crippen molar-refractivity contribution >= 4 is 47.3 Å². The lowest BCUT2D eigenvalue weighted by Crippen LogP contribution is -2.61. The fraction of sp³-hybridized carbons (Fsp3) is 0.800. The number of hydrogen-bond acceptors (Lipinski definition) is 8. The minimum atomic E-state index is -1.13. The minimum Gasteiger partial charge on any atom is -0.461 e.